The maximum atomic E-state index is 13.9. The minimum Gasteiger partial charge on any atom is -0.354 e. The average Bonchev–Trinajstić information content (AvgIpc) is 2.93. The molecule has 1 N–H and O–H groups in total. The van der Waals surface area contributed by atoms with Gasteiger partial charge in [-0.05, 0) is 54.8 Å². The lowest BCUT2D eigenvalue weighted by Crippen LogP contribution is -2.50. The molecule has 3 aromatic rings. The second kappa shape index (κ2) is 15.4. The van der Waals surface area contributed by atoms with Crippen LogP contribution in [0.1, 0.15) is 37.3 Å². The molecule has 1 atom stereocenters. The summed E-state index contributed by atoms with van der Waals surface area (Å²) in [5, 5.41) is 4.18. The molecule has 0 aliphatic carbocycles. The van der Waals surface area contributed by atoms with Gasteiger partial charge in [-0.25, -0.2) is 8.42 Å². The van der Waals surface area contributed by atoms with E-state index in [4.69, 9.17) is 34.8 Å². The number of anilines is 1. The van der Waals surface area contributed by atoms with Crippen molar-refractivity contribution in [2.75, 3.05) is 23.7 Å². The van der Waals surface area contributed by atoms with E-state index in [9.17, 15) is 18.0 Å². The van der Waals surface area contributed by atoms with Gasteiger partial charge in [0.2, 0.25) is 21.8 Å². The Balaban J connectivity index is 1.91. The lowest BCUT2D eigenvalue weighted by atomic mass is 10.0. The number of halogens is 3. The second-order valence-corrected chi connectivity index (χ2v) is 12.8. The van der Waals surface area contributed by atoms with Crippen molar-refractivity contribution in [1.29, 1.82) is 0 Å². The topological polar surface area (TPSA) is 86.8 Å². The molecule has 0 aliphatic rings. The zero-order chi connectivity index (χ0) is 30.0. The van der Waals surface area contributed by atoms with Crippen LogP contribution >= 0.6 is 34.8 Å². The van der Waals surface area contributed by atoms with E-state index in [-0.39, 0.29) is 44.2 Å². The van der Waals surface area contributed by atoms with Crippen LogP contribution < -0.4 is 9.62 Å². The van der Waals surface area contributed by atoms with Gasteiger partial charge >= 0.3 is 0 Å². The third-order valence-electron chi connectivity index (χ3n) is 6.48. The van der Waals surface area contributed by atoms with Gasteiger partial charge < -0.3 is 10.2 Å². The summed E-state index contributed by atoms with van der Waals surface area (Å²) < 4.78 is 26.4. The quantitative estimate of drug-likeness (QED) is 0.223. The zero-order valence-corrected chi connectivity index (χ0v) is 26.1. The van der Waals surface area contributed by atoms with Gasteiger partial charge in [0.05, 0.1) is 11.9 Å². The highest BCUT2D eigenvalue weighted by Crippen LogP contribution is 2.28. The van der Waals surface area contributed by atoms with E-state index in [0.29, 0.717) is 32.9 Å². The normalized spacial score (nSPS) is 12.0. The number of nitrogens with one attached hydrogen (secondary N) is 1. The molecule has 0 spiro atoms. The SMILES string of the molecule is CCCNC(=O)[C@@H](Cc1ccccc1)N(Cc1c(Cl)cccc1Cl)C(=O)CCCN(c1ccc(Cl)cc1)S(C)(=O)=O. The summed E-state index contributed by atoms with van der Waals surface area (Å²) in [6, 6.07) is 20.1. The summed E-state index contributed by atoms with van der Waals surface area (Å²) >= 11 is 18.9. The maximum Gasteiger partial charge on any atom is 0.243 e. The lowest BCUT2D eigenvalue weighted by molar-refractivity contribution is -0.141. The third-order valence-corrected chi connectivity index (χ3v) is 8.63. The molecule has 0 fully saturated rings. The number of sulfonamides is 1. The highest BCUT2D eigenvalue weighted by atomic mass is 35.5. The molecular weight excluding hydrogens is 605 g/mol. The molecule has 0 aliphatic heterocycles. The van der Waals surface area contributed by atoms with Crippen LogP contribution in [-0.4, -0.2) is 50.5 Å². The number of nitrogens with zero attached hydrogens (tertiary/aromatic N) is 2. The number of amides is 2. The van der Waals surface area contributed by atoms with Gasteiger partial charge in [-0.2, -0.15) is 0 Å². The molecule has 0 aromatic heterocycles. The van der Waals surface area contributed by atoms with Crippen molar-refractivity contribution >= 4 is 62.3 Å². The fourth-order valence-electron chi connectivity index (χ4n) is 4.38. The van der Waals surface area contributed by atoms with Gasteiger partial charge in [0, 0.05) is 53.1 Å². The lowest BCUT2D eigenvalue weighted by Gasteiger charge is -2.32. The van der Waals surface area contributed by atoms with Gasteiger partial charge in [0.1, 0.15) is 6.04 Å². The fraction of sp³-hybridized carbons (Fsp3) is 0.333. The van der Waals surface area contributed by atoms with Gasteiger partial charge in [-0.15, -0.1) is 0 Å². The summed E-state index contributed by atoms with van der Waals surface area (Å²) in [6.45, 7) is 2.50. The Morgan fingerprint density at radius 3 is 2.12 bits per heavy atom. The van der Waals surface area contributed by atoms with E-state index in [0.717, 1.165) is 18.2 Å². The zero-order valence-electron chi connectivity index (χ0n) is 23.0. The van der Waals surface area contributed by atoms with Crippen molar-refractivity contribution in [3.05, 3.63) is 99.0 Å². The highest BCUT2D eigenvalue weighted by Gasteiger charge is 2.31. The third kappa shape index (κ3) is 9.64. The molecule has 41 heavy (non-hydrogen) atoms. The van der Waals surface area contributed by atoms with Crippen LogP contribution in [-0.2, 0) is 32.6 Å². The van der Waals surface area contributed by atoms with Crippen molar-refractivity contribution in [2.45, 2.75) is 45.2 Å². The first-order chi connectivity index (χ1) is 19.5. The smallest absolute Gasteiger partial charge is 0.243 e. The summed E-state index contributed by atoms with van der Waals surface area (Å²) in [6.07, 6.45) is 2.34. The second-order valence-electron chi connectivity index (χ2n) is 9.63. The fourth-order valence-corrected chi connectivity index (χ4v) is 5.99. The molecule has 3 rings (SSSR count). The Morgan fingerprint density at radius 1 is 0.902 bits per heavy atom. The molecule has 0 heterocycles. The highest BCUT2D eigenvalue weighted by molar-refractivity contribution is 7.92. The molecule has 0 saturated carbocycles. The molecule has 7 nitrogen and oxygen atoms in total. The van der Waals surface area contributed by atoms with Crippen LogP contribution in [0.15, 0.2) is 72.8 Å². The van der Waals surface area contributed by atoms with Crippen LogP contribution in [0, 0.1) is 0 Å². The summed E-state index contributed by atoms with van der Waals surface area (Å²) in [4.78, 5) is 28.8. The van der Waals surface area contributed by atoms with Gasteiger partial charge in [0.25, 0.3) is 0 Å². The van der Waals surface area contributed by atoms with Gasteiger partial charge in [-0.1, -0.05) is 78.1 Å². The van der Waals surface area contributed by atoms with Crippen LogP contribution in [0.4, 0.5) is 5.69 Å². The monoisotopic (exact) mass is 637 g/mol. The molecule has 220 valence electrons. The van der Waals surface area contributed by atoms with Crippen molar-refractivity contribution in [2.24, 2.45) is 0 Å². The first-order valence-corrected chi connectivity index (χ1v) is 16.3. The molecule has 11 heteroatoms. The first kappa shape index (κ1) is 32.7. The number of carbonyl (C=O) groups excluding carboxylic acids is 2. The molecule has 0 bridgehead atoms. The van der Waals surface area contributed by atoms with Crippen LogP contribution in [0.3, 0.4) is 0 Å². The van der Waals surface area contributed by atoms with Crippen molar-refractivity contribution < 1.29 is 18.0 Å². The number of hydrogen-bond acceptors (Lipinski definition) is 4. The first-order valence-electron chi connectivity index (χ1n) is 13.3. The molecule has 3 aromatic carbocycles. The minimum absolute atomic E-state index is 0.00592. The Bertz CT molecular complexity index is 1400. The molecule has 0 radical (unpaired) electrons. The van der Waals surface area contributed by atoms with Gasteiger partial charge in [-0.3, -0.25) is 13.9 Å². The number of benzene rings is 3. The molecular formula is C30H34Cl3N3O4S. The maximum absolute atomic E-state index is 13.9. The Morgan fingerprint density at radius 2 is 1.54 bits per heavy atom. The standard InChI is InChI=1S/C30H34Cl3N3O4S/c1-3-18-34-30(38)28(20-22-9-5-4-6-10-22)35(21-25-26(32)11-7-12-27(25)33)29(37)13-8-19-36(41(2,39)40)24-16-14-23(31)15-17-24/h4-7,9-12,14-17,28H,3,8,13,18-21H2,1-2H3,(H,34,38)/t28-/m1/s1. The van der Waals surface area contributed by atoms with Crippen molar-refractivity contribution in [1.82, 2.24) is 10.2 Å². The van der Waals surface area contributed by atoms with Gasteiger partial charge in [0.15, 0.2) is 0 Å². The summed E-state index contributed by atoms with van der Waals surface area (Å²) in [5.41, 5.74) is 1.87. The predicted octanol–water partition coefficient (Wildman–Crippen LogP) is 6.36. The van der Waals surface area contributed by atoms with E-state index in [1.54, 1.807) is 42.5 Å². The Hall–Kier alpha value is -2.78. The Kier molecular flexibility index (Phi) is 12.3. The number of hydrogen-bond donors (Lipinski definition) is 1. The van der Waals surface area contributed by atoms with E-state index in [2.05, 4.69) is 5.32 Å². The van der Waals surface area contributed by atoms with E-state index >= 15 is 0 Å². The Labute approximate surface area is 257 Å². The predicted molar refractivity (Wildman–Crippen MR) is 167 cm³/mol. The van der Waals surface area contributed by atoms with Crippen LogP contribution in [0.2, 0.25) is 15.1 Å². The minimum atomic E-state index is -3.62. The van der Waals surface area contributed by atoms with E-state index < -0.39 is 16.1 Å². The summed E-state index contributed by atoms with van der Waals surface area (Å²) in [5.74, 6) is -0.607. The summed E-state index contributed by atoms with van der Waals surface area (Å²) in [7, 11) is -3.62. The largest absolute Gasteiger partial charge is 0.354 e. The van der Waals surface area contributed by atoms with Crippen molar-refractivity contribution in [3.63, 3.8) is 0 Å². The number of carbonyl (C=O) groups is 2. The van der Waals surface area contributed by atoms with Crippen molar-refractivity contribution in [3.8, 4) is 0 Å². The number of rotatable bonds is 14. The van der Waals surface area contributed by atoms with Crippen LogP contribution in [0.5, 0.6) is 0 Å². The van der Waals surface area contributed by atoms with E-state index in [1.807, 2.05) is 37.3 Å². The molecule has 2 amide bonds. The van der Waals surface area contributed by atoms with E-state index in [1.165, 1.54) is 9.21 Å². The average molecular weight is 639 g/mol. The molecule has 0 saturated heterocycles. The van der Waals surface area contributed by atoms with Crippen LogP contribution in [0.25, 0.3) is 0 Å². The molecule has 0 unspecified atom stereocenters.